The molecule has 140 valence electrons. The number of hydrogen-bond acceptors (Lipinski definition) is 6. The van der Waals surface area contributed by atoms with E-state index in [2.05, 4.69) is 0 Å². The van der Waals surface area contributed by atoms with E-state index in [0.29, 0.717) is 0 Å². The summed E-state index contributed by atoms with van der Waals surface area (Å²) in [5, 5.41) is 19.7. The lowest BCUT2D eigenvalue weighted by atomic mass is 10.2. The summed E-state index contributed by atoms with van der Waals surface area (Å²) in [5.41, 5.74) is 0.576. The van der Waals surface area contributed by atoms with Crippen LogP contribution in [0, 0.1) is 17.0 Å². The highest BCUT2D eigenvalue weighted by Crippen LogP contribution is 2.27. The highest BCUT2D eigenvalue weighted by Gasteiger charge is 2.27. The number of nitro groups is 1. The topological polar surface area (TPSA) is 130 Å². The molecule has 0 radical (unpaired) electrons. The van der Waals surface area contributed by atoms with Crippen molar-refractivity contribution in [2.24, 2.45) is 0 Å². The van der Waals surface area contributed by atoms with Crippen LogP contribution in [0.1, 0.15) is 12.0 Å². The summed E-state index contributed by atoms with van der Waals surface area (Å²) >= 11 is 0. The van der Waals surface area contributed by atoms with E-state index < -0.39 is 16.8 Å². The van der Waals surface area contributed by atoms with Gasteiger partial charge in [-0.2, -0.15) is 0 Å². The second-order valence-corrected chi connectivity index (χ2v) is 5.80. The van der Waals surface area contributed by atoms with E-state index >= 15 is 0 Å². The standard InChI is InChI=1S/C16H19N3O7/c1-11-2-3-13(12(10-11)19(24)25)26-9-4-14(20)17-5-7-18(8-6-17)15(21)16(22)23/h2-3,10H,4-9H2,1H3,(H,22,23). The lowest BCUT2D eigenvalue weighted by molar-refractivity contribution is -0.385. The van der Waals surface area contributed by atoms with Gasteiger partial charge in [0.2, 0.25) is 5.91 Å². The lowest BCUT2D eigenvalue weighted by Crippen LogP contribution is -2.52. The Morgan fingerprint density at radius 1 is 1.19 bits per heavy atom. The predicted octanol–water partition coefficient (Wildman–Crippen LogP) is 0.428. The Balaban J connectivity index is 1.82. The van der Waals surface area contributed by atoms with Gasteiger partial charge in [0.15, 0.2) is 5.75 Å². The van der Waals surface area contributed by atoms with E-state index in [1.54, 1.807) is 13.0 Å². The normalized spacial score (nSPS) is 14.0. The zero-order chi connectivity index (χ0) is 19.3. The molecule has 0 unspecified atom stereocenters. The maximum atomic E-state index is 12.2. The first-order valence-corrected chi connectivity index (χ1v) is 7.97. The Bertz CT molecular complexity index is 727. The Labute approximate surface area is 149 Å². The monoisotopic (exact) mass is 365 g/mol. The van der Waals surface area contributed by atoms with Crippen LogP contribution in [-0.2, 0) is 14.4 Å². The third-order valence-electron chi connectivity index (χ3n) is 3.99. The van der Waals surface area contributed by atoms with Crippen LogP contribution in [0.4, 0.5) is 5.69 Å². The molecule has 0 atom stereocenters. The number of nitrogens with zero attached hydrogens (tertiary/aromatic N) is 3. The largest absolute Gasteiger partial charge is 0.486 e. The number of hydrogen-bond donors (Lipinski definition) is 1. The van der Waals surface area contributed by atoms with Gasteiger partial charge < -0.3 is 19.6 Å². The smallest absolute Gasteiger partial charge is 0.394 e. The third kappa shape index (κ3) is 4.68. The van der Waals surface area contributed by atoms with Crippen LogP contribution in [-0.4, -0.2) is 70.4 Å². The molecule has 1 heterocycles. The molecule has 1 aromatic rings. The molecule has 0 bridgehead atoms. The first-order valence-electron chi connectivity index (χ1n) is 7.97. The van der Waals surface area contributed by atoms with Crippen molar-refractivity contribution in [1.29, 1.82) is 0 Å². The average Bonchev–Trinajstić information content (AvgIpc) is 2.62. The minimum Gasteiger partial charge on any atom is -0.486 e. The lowest BCUT2D eigenvalue weighted by Gasteiger charge is -2.33. The Hall–Kier alpha value is -3.17. The van der Waals surface area contributed by atoms with Crippen molar-refractivity contribution in [2.45, 2.75) is 13.3 Å². The fraction of sp³-hybridized carbons (Fsp3) is 0.438. The minimum absolute atomic E-state index is 0.0169. The molecule has 1 fully saturated rings. The number of carbonyl (C=O) groups excluding carboxylic acids is 2. The van der Waals surface area contributed by atoms with Crippen molar-refractivity contribution in [3.8, 4) is 5.75 Å². The Morgan fingerprint density at radius 3 is 2.38 bits per heavy atom. The molecule has 1 aliphatic rings. The summed E-state index contributed by atoms with van der Waals surface area (Å²) in [4.78, 5) is 47.4. The van der Waals surface area contributed by atoms with Crippen molar-refractivity contribution in [1.82, 2.24) is 9.80 Å². The molecule has 0 aromatic heterocycles. The number of benzene rings is 1. The van der Waals surface area contributed by atoms with Crippen LogP contribution >= 0.6 is 0 Å². The van der Waals surface area contributed by atoms with Gasteiger partial charge in [0, 0.05) is 32.2 Å². The van der Waals surface area contributed by atoms with Gasteiger partial charge in [-0.15, -0.1) is 0 Å². The van der Waals surface area contributed by atoms with Crippen molar-refractivity contribution in [2.75, 3.05) is 32.8 Å². The Kier molecular flexibility index (Phi) is 6.10. The van der Waals surface area contributed by atoms with Gasteiger partial charge in [-0.25, -0.2) is 4.79 Å². The molecule has 1 aromatic carbocycles. The summed E-state index contributed by atoms with van der Waals surface area (Å²) in [6, 6.07) is 4.58. The average molecular weight is 365 g/mol. The molecule has 0 aliphatic carbocycles. The van der Waals surface area contributed by atoms with Gasteiger partial charge >= 0.3 is 17.6 Å². The fourth-order valence-corrected chi connectivity index (χ4v) is 2.59. The molecule has 1 N–H and O–H groups in total. The zero-order valence-electron chi connectivity index (χ0n) is 14.2. The summed E-state index contributed by atoms with van der Waals surface area (Å²) in [6.07, 6.45) is 0.0257. The first-order chi connectivity index (χ1) is 12.3. The summed E-state index contributed by atoms with van der Waals surface area (Å²) in [5.74, 6) is -2.61. The van der Waals surface area contributed by atoms with Crippen LogP contribution < -0.4 is 4.74 Å². The molecule has 10 nitrogen and oxygen atoms in total. The van der Waals surface area contributed by atoms with Crippen LogP contribution in [0.25, 0.3) is 0 Å². The molecule has 26 heavy (non-hydrogen) atoms. The third-order valence-corrected chi connectivity index (χ3v) is 3.99. The minimum atomic E-state index is -1.52. The van der Waals surface area contributed by atoms with Gasteiger partial charge in [0.1, 0.15) is 0 Å². The van der Waals surface area contributed by atoms with E-state index in [9.17, 15) is 24.5 Å². The van der Waals surface area contributed by atoms with E-state index in [1.807, 2.05) is 0 Å². The van der Waals surface area contributed by atoms with E-state index in [1.165, 1.54) is 21.9 Å². The summed E-state index contributed by atoms with van der Waals surface area (Å²) < 4.78 is 5.37. The molecule has 10 heteroatoms. The fourth-order valence-electron chi connectivity index (χ4n) is 2.59. The van der Waals surface area contributed by atoms with E-state index in [-0.39, 0.29) is 56.6 Å². The number of carboxylic acids is 1. The maximum Gasteiger partial charge on any atom is 0.394 e. The van der Waals surface area contributed by atoms with Crippen LogP contribution in [0.5, 0.6) is 5.75 Å². The van der Waals surface area contributed by atoms with Gasteiger partial charge in [-0.3, -0.25) is 19.7 Å². The predicted molar refractivity (Wildman–Crippen MR) is 88.7 cm³/mol. The Morgan fingerprint density at radius 2 is 1.81 bits per heavy atom. The highest BCUT2D eigenvalue weighted by atomic mass is 16.6. The molecule has 1 saturated heterocycles. The van der Waals surface area contributed by atoms with Crippen molar-refractivity contribution < 1.29 is 29.2 Å². The molecule has 0 spiro atoms. The van der Waals surface area contributed by atoms with Gasteiger partial charge in [-0.05, 0) is 18.6 Å². The summed E-state index contributed by atoms with van der Waals surface area (Å²) in [6.45, 7) is 2.50. The van der Waals surface area contributed by atoms with Gasteiger partial charge in [0.25, 0.3) is 0 Å². The molecule has 2 amide bonds. The zero-order valence-corrected chi connectivity index (χ0v) is 14.2. The van der Waals surface area contributed by atoms with Crippen molar-refractivity contribution >= 4 is 23.5 Å². The second kappa shape index (κ2) is 8.28. The summed E-state index contributed by atoms with van der Waals surface area (Å²) in [7, 11) is 0. The highest BCUT2D eigenvalue weighted by molar-refractivity contribution is 6.31. The second-order valence-electron chi connectivity index (χ2n) is 5.80. The number of aryl methyl sites for hydroxylation is 1. The number of rotatable bonds is 5. The van der Waals surface area contributed by atoms with Crippen LogP contribution in [0.2, 0.25) is 0 Å². The number of ether oxygens (including phenoxy) is 1. The van der Waals surface area contributed by atoms with E-state index in [4.69, 9.17) is 9.84 Å². The van der Waals surface area contributed by atoms with Crippen molar-refractivity contribution in [3.63, 3.8) is 0 Å². The molecular formula is C16H19N3O7. The van der Waals surface area contributed by atoms with Crippen LogP contribution in [0.3, 0.4) is 0 Å². The van der Waals surface area contributed by atoms with Gasteiger partial charge in [0.05, 0.1) is 18.0 Å². The molecule has 2 rings (SSSR count). The number of nitro benzene ring substituents is 1. The molecule has 0 saturated carbocycles. The number of carbonyl (C=O) groups is 3. The number of amides is 2. The number of carboxylic acid groups (broad SMARTS) is 1. The SMILES string of the molecule is Cc1ccc(OCCC(=O)N2CCN(C(=O)C(=O)O)CC2)c([N+](=O)[O-])c1. The van der Waals surface area contributed by atoms with E-state index in [0.717, 1.165) is 5.56 Å². The quantitative estimate of drug-likeness (QED) is 0.455. The maximum absolute atomic E-state index is 12.2. The number of aliphatic carboxylic acids is 1. The molecule has 1 aliphatic heterocycles. The first kappa shape index (κ1) is 19.2. The number of piperazine rings is 1. The van der Waals surface area contributed by atoms with Crippen molar-refractivity contribution in [3.05, 3.63) is 33.9 Å². The molecular weight excluding hydrogens is 346 g/mol. The van der Waals surface area contributed by atoms with Gasteiger partial charge in [-0.1, -0.05) is 6.07 Å². The van der Waals surface area contributed by atoms with Crippen LogP contribution in [0.15, 0.2) is 18.2 Å².